The van der Waals surface area contributed by atoms with Gasteiger partial charge in [-0.1, -0.05) is 15.9 Å². The molecule has 7 nitrogen and oxygen atoms in total. The maximum Gasteiger partial charge on any atom is 0.248 e. The quantitative estimate of drug-likeness (QED) is 0.666. The first-order chi connectivity index (χ1) is 12.0. The van der Waals surface area contributed by atoms with Gasteiger partial charge >= 0.3 is 0 Å². The third-order valence-electron chi connectivity index (χ3n) is 4.38. The summed E-state index contributed by atoms with van der Waals surface area (Å²) >= 11 is 3.55. The fourth-order valence-electron chi connectivity index (χ4n) is 3.42. The Bertz CT molecular complexity index is 896. The summed E-state index contributed by atoms with van der Waals surface area (Å²) in [5.74, 6) is 1.14. The van der Waals surface area contributed by atoms with Gasteiger partial charge in [-0.25, -0.2) is 0 Å². The van der Waals surface area contributed by atoms with Gasteiger partial charge in [-0.15, -0.1) is 10.2 Å². The van der Waals surface area contributed by atoms with Gasteiger partial charge in [0.25, 0.3) is 0 Å². The molecule has 4 rings (SSSR count). The van der Waals surface area contributed by atoms with Gasteiger partial charge in [0.1, 0.15) is 0 Å². The number of nitrogens with zero attached hydrogens (tertiary/aromatic N) is 5. The van der Waals surface area contributed by atoms with Crippen LogP contribution in [-0.2, 0) is 18.3 Å². The van der Waals surface area contributed by atoms with Crippen LogP contribution >= 0.6 is 15.9 Å². The van der Waals surface area contributed by atoms with Crippen molar-refractivity contribution in [1.82, 2.24) is 24.9 Å². The molecule has 0 aliphatic carbocycles. The molecule has 0 spiro atoms. The highest BCUT2D eigenvalue weighted by Gasteiger charge is 2.24. The molecule has 0 saturated carbocycles. The van der Waals surface area contributed by atoms with E-state index in [1.807, 2.05) is 30.1 Å². The average molecular weight is 406 g/mol. The van der Waals surface area contributed by atoms with Crippen LogP contribution in [-0.4, -0.2) is 50.2 Å². The average Bonchev–Trinajstić information content (AvgIpc) is 3.13. The van der Waals surface area contributed by atoms with Gasteiger partial charge in [0.05, 0.1) is 36.0 Å². The summed E-state index contributed by atoms with van der Waals surface area (Å²) in [6, 6.07) is 4.01. The standard InChI is InChI=1S/C17H20BrN5O2/c1-10-7-23(8-11(2)24-10)9-16-20-21-17(25-16)13-4-12(18)5-15-14(13)6-19-22(15)3/h4-6,10-11H,7-9H2,1-3H3. The van der Waals surface area contributed by atoms with Crippen LogP contribution in [0.25, 0.3) is 22.4 Å². The number of aryl methyl sites for hydroxylation is 1. The molecule has 0 radical (unpaired) electrons. The van der Waals surface area contributed by atoms with Gasteiger partial charge in [0.2, 0.25) is 11.8 Å². The van der Waals surface area contributed by atoms with Gasteiger partial charge < -0.3 is 9.15 Å². The monoisotopic (exact) mass is 405 g/mol. The maximum absolute atomic E-state index is 5.95. The number of ether oxygens (including phenoxy) is 1. The fourth-order valence-corrected chi connectivity index (χ4v) is 3.87. The number of hydrogen-bond donors (Lipinski definition) is 0. The Kier molecular flexibility index (Phi) is 4.35. The molecule has 1 saturated heterocycles. The lowest BCUT2D eigenvalue weighted by molar-refractivity contribution is -0.0721. The van der Waals surface area contributed by atoms with Crippen molar-refractivity contribution in [3.63, 3.8) is 0 Å². The summed E-state index contributed by atoms with van der Waals surface area (Å²) in [7, 11) is 1.92. The second-order valence-corrected chi connectivity index (χ2v) is 7.52. The van der Waals surface area contributed by atoms with Gasteiger partial charge in [-0.2, -0.15) is 5.10 Å². The SMILES string of the molecule is CC1CN(Cc2nnc(-c3cc(Br)cc4c3cnn4C)o2)CC(C)O1. The lowest BCUT2D eigenvalue weighted by Crippen LogP contribution is -2.44. The summed E-state index contributed by atoms with van der Waals surface area (Å²) in [5, 5.41) is 13.8. The van der Waals surface area contributed by atoms with Crippen LogP contribution in [0, 0.1) is 0 Å². The largest absolute Gasteiger partial charge is 0.419 e. The molecule has 132 valence electrons. The third kappa shape index (κ3) is 3.33. The zero-order chi connectivity index (χ0) is 17.6. The van der Waals surface area contributed by atoms with Crippen LogP contribution in [0.2, 0.25) is 0 Å². The molecule has 1 aliphatic heterocycles. The van der Waals surface area contributed by atoms with Crippen molar-refractivity contribution in [3.05, 3.63) is 28.7 Å². The van der Waals surface area contributed by atoms with Gasteiger partial charge in [0, 0.05) is 30.0 Å². The minimum absolute atomic E-state index is 0.214. The highest BCUT2D eigenvalue weighted by molar-refractivity contribution is 9.10. The summed E-state index contributed by atoms with van der Waals surface area (Å²) in [6.45, 7) is 6.54. The zero-order valence-electron chi connectivity index (χ0n) is 14.4. The number of morpholine rings is 1. The van der Waals surface area contributed by atoms with Crippen molar-refractivity contribution >= 4 is 26.8 Å². The van der Waals surface area contributed by atoms with E-state index >= 15 is 0 Å². The van der Waals surface area contributed by atoms with E-state index in [0.29, 0.717) is 18.3 Å². The molecule has 25 heavy (non-hydrogen) atoms. The number of benzene rings is 1. The number of halogens is 1. The van der Waals surface area contributed by atoms with Crippen LogP contribution in [0.4, 0.5) is 0 Å². The van der Waals surface area contributed by atoms with E-state index in [9.17, 15) is 0 Å². The number of rotatable bonds is 3. The van der Waals surface area contributed by atoms with Crippen molar-refractivity contribution in [1.29, 1.82) is 0 Å². The first kappa shape index (κ1) is 16.7. The molecule has 8 heteroatoms. The van der Waals surface area contributed by atoms with Crippen LogP contribution < -0.4 is 0 Å². The predicted octanol–water partition coefficient (Wildman–Crippen LogP) is 3.00. The Balaban J connectivity index is 1.61. The molecule has 2 unspecified atom stereocenters. The fraction of sp³-hybridized carbons (Fsp3) is 0.471. The number of fused-ring (bicyclic) bond motifs is 1. The molecule has 0 N–H and O–H groups in total. The van der Waals surface area contributed by atoms with Gasteiger partial charge in [-0.3, -0.25) is 9.58 Å². The Labute approximate surface area is 154 Å². The summed E-state index contributed by atoms with van der Waals surface area (Å²) in [5.41, 5.74) is 1.90. The van der Waals surface area contributed by atoms with Crippen LogP contribution in [0.3, 0.4) is 0 Å². The molecule has 2 aromatic heterocycles. The van der Waals surface area contributed by atoms with E-state index in [1.54, 1.807) is 0 Å². The summed E-state index contributed by atoms with van der Waals surface area (Å²) in [4.78, 5) is 2.29. The lowest BCUT2D eigenvalue weighted by atomic mass is 10.1. The molecule has 2 atom stereocenters. The van der Waals surface area contributed by atoms with E-state index in [2.05, 4.69) is 50.0 Å². The number of aromatic nitrogens is 4. The first-order valence-corrected chi connectivity index (χ1v) is 9.10. The predicted molar refractivity (Wildman–Crippen MR) is 97.0 cm³/mol. The zero-order valence-corrected chi connectivity index (χ0v) is 16.0. The Hall–Kier alpha value is -1.77. The Morgan fingerprint density at radius 1 is 1.20 bits per heavy atom. The summed E-state index contributed by atoms with van der Waals surface area (Å²) in [6.07, 6.45) is 2.25. The molecule has 3 aromatic rings. The van der Waals surface area contributed by atoms with Crippen molar-refractivity contribution in [2.24, 2.45) is 7.05 Å². The number of hydrogen-bond acceptors (Lipinski definition) is 6. The smallest absolute Gasteiger partial charge is 0.248 e. The topological polar surface area (TPSA) is 69.2 Å². The molecule has 0 bridgehead atoms. The van der Waals surface area contributed by atoms with E-state index in [-0.39, 0.29) is 12.2 Å². The molecular weight excluding hydrogens is 386 g/mol. The van der Waals surface area contributed by atoms with E-state index in [1.165, 1.54) is 0 Å². The molecule has 3 heterocycles. The van der Waals surface area contributed by atoms with Crippen LogP contribution in [0.5, 0.6) is 0 Å². The van der Waals surface area contributed by atoms with E-state index in [0.717, 1.165) is 34.0 Å². The minimum atomic E-state index is 0.214. The molecule has 1 aromatic carbocycles. The normalized spacial score (nSPS) is 21.9. The van der Waals surface area contributed by atoms with Crippen molar-refractivity contribution in [2.75, 3.05) is 13.1 Å². The van der Waals surface area contributed by atoms with Crippen LogP contribution in [0.1, 0.15) is 19.7 Å². The molecular formula is C17H20BrN5O2. The lowest BCUT2D eigenvalue weighted by Gasteiger charge is -2.34. The summed E-state index contributed by atoms with van der Waals surface area (Å²) < 4.78 is 14.5. The minimum Gasteiger partial charge on any atom is -0.419 e. The van der Waals surface area contributed by atoms with E-state index < -0.39 is 0 Å². The molecule has 1 aliphatic rings. The highest BCUT2D eigenvalue weighted by Crippen LogP contribution is 2.31. The maximum atomic E-state index is 5.95. The third-order valence-corrected chi connectivity index (χ3v) is 4.84. The Morgan fingerprint density at radius 3 is 2.72 bits per heavy atom. The highest BCUT2D eigenvalue weighted by atomic mass is 79.9. The second-order valence-electron chi connectivity index (χ2n) is 6.61. The van der Waals surface area contributed by atoms with Gasteiger partial charge in [-0.05, 0) is 26.0 Å². The van der Waals surface area contributed by atoms with Crippen molar-refractivity contribution < 1.29 is 9.15 Å². The van der Waals surface area contributed by atoms with Crippen molar-refractivity contribution in [2.45, 2.75) is 32.6 Å². The molecule has 1 fully saturated rings. The van der Waals surface area contributed by atoms with E-state index in [4.69, 9.17) is 9.15 Å². The Morgan fingerprint density at radius 2 is 1.96 bits per heavy atom. The second kappa shape index (κ2) is 6.51. The van der Waals surface area contributed by atoms with Gasteiger partial charge in [0.15, 0.2) is 0 Å². The first-order valence-electron chi connectivity index (χ1n) is 8.31. The van der Waals surface area contributed by atoms with Crippen LogP contribution in [0.15, 0.2) is 27.2 Å². The van der Waals surface area contributed by atoms with Crippen molar-refractivity contribution in [3.8, 4) is 11.5 Å². The molecule has 0 amide bonds.